The van der Waals surface area contributed by atoms with Crippen LogP contribution in [0.5, 0.6) is 5.75 Å². The third-order valence-electron chi connectivity index (χ3n) is 3.20. The first-order valence-corrected chi connectivity index (χ1v) is 7.02. The Morgan fingerprint density at radius 2 is 2.04 bits per heavy atom. The van der Waals surface area contributed by atoms with Gasteiger partial charge in [-0.3, -0.25) is 9.59 Å². The smallest absolute Gasteiger partial charge is 0.254 e. The molecule has 1 amide bonds. The zero-order valence-corrected chi connectivity index (χ0v) is 13.2. The van der Waals surface area contributed by atoms with E-state index in [0.29, 0.717) is 17.1 Å². The molecule has 7 nitrogen and oxygen atoms in total. The van der Waals surface area contributed by atoms with Gasteiger partial charge in [0.2, 0.25) is 5.91 Å². The van der Waals surface area contributed by atoms with Crippen LogP contribution >= 0.6 is 0 Å². The molecule has 23 heavy (non-hydrogen) atoms. The lowest BCUT2D eigenvalue weighted by molar-refractivity contribution is -0.120. The molecule has 0 unspecified atom stereocenters. The molecule has 1 aromatic carbocycles. The van der Waals surface area contributed by atoms with Crippen molar-refractivity contribution in [3.63, 3.8) is 0 Å². The number of nitrogens with one attached hydrogen (secondary N) is 2. The summed E-state index contributed by atoms with van der Waals surface area (Å²) in [6.45, 7) is 3.39. The lowest BCUT2D eigenvalue weighted by Crippen LogP contribution is -2.26. The first-order valence-electron chi connectivity index (χ1n) is 7.02. The van der Waals surface area contributed by atoms with Gasteiger partial charge in [0.1, 0.15) is 11.6 Å². The van der Waals surface area contributed by atoms with E-state index in [1.165, 1.54) is 6.21 Å². The van der Waals surface area contributed by atoms with E-state index in [2.05, 4.69) is 20.5 Å². The van der Waals surface area contributed by atoms with Gasteiger partial charge in [-0.05, 0) is 43.7 Å². The molecule has 7 heteroatoms. The molecule has 0 spiro atoms. The SMILES string of the molecule is COc1ccc(/C=N/NC(=O)Cc2c(C)nc(C)[nH]c2=O)cc1. The molecule has 0 aliphatic rings. The lowest BCUT2D eigenvalue weighted by Gasteiger charge is -2.04. The first-order chi connectivity index (χ1) is 11.0. The summed E-state index contributed by atoms with van der Waals surface area (Å²) in [6, 6.07) is 7.22. The Bertz CT molecular complexity index is 779. The Hall–Kier alpha value is -2.96. The molecule has 0 fully saturated rings. The summed E-state index contributed by atoms with van der Waals surface area (Å²) in [5.74, 6) is 0.885. The molecular formula is C16H18N4O3. The van der Waals surface area contributed by atoms with E-state index in [1.54, 1.807) is 33.1 Å². The number of benzene rings is 1. The largest absolute Gasteiger partial charge is 0.497 e. The molecule has 0 atom stereocenters. The minimum Gasteiger partial charge on any atom is -0.497 e. The maximum Gasteiger partial charge on any atom is 0.254 e. The topological polar surface area (TPSA) is 96.4 Å². The number of hydrazone groups is 1. The van der Waals surface area contributed by atoms with Crippen molar-refractivity contribution in [1.82, 2.24) is 15.4 Å². The quantitative estimate of drug-likeness (QED) is 0.638. The predicted molar refractivity (Wildman–Crippen MR) is 86.8 cm³/mol. The third kappa shape index (κ3) is 4.50. The first kappa shape index (κ1) is 16.4. The molecule has 0 radical (unpaired) electrons. The van der Waals surface area contributed by atoms with Crippen LogP contribution in [0.15, 0.2) is 34.2 Å². The second kappa shape index (κ2) is 7.35. The van der Waals surface area contributed by atoms with Crippen molar-refractivity contribution in [1.29, 1.82) is 0 Å². The lowest BCUT2D eigenvalue weighted by atomic mass is 10.1. The molecule has 0 bridgehead atoms. The number of aromatic amines is 1. The molecule has 2 N–H and O–H groups in total. The Kier molecular flexibility index (Phi) is 5.24. The fourth-order valence-corrected chi connectivity index (χ4v) is 2.03. The number of carbonyl (C=O) groups is 1. The normalized spacial score (nSPS) is 10.7. The maximum absolute atomic E-state index is 11.9. The highest BCUT2D eigenvalue weighted by Crippen LogP contribution is 2.09. The van der Waals surface area contributed by atoms with Gasteiger partial charge in [0.15, 0.2) is 0 Å². The monoisotopic (exact) mass is 314 g/mol. The number of amides is 1. The Labute approximate surface area is 133 Å². The van der Waals surface area contributed by atoms with Gasteiger partial charge in [0, 0.05) is 11.3 Å². The average Bonchev–Trinajstić information content (AvgIpc) is 2.51. The molecule has 2 aromatic rings. The fraction of sp³-hybridized carbons (Fsp3) is 0.250. The van der Waals surface area contributed by atoms with E-state index in [1.807, 2.05) is 12.1 Å². The van der Waals surface area contributed by atoms with Crippen LogP contribution in [0.25, 0.3) is 0 Å². The number of carbonyl (C=O) groups excluding carboxylic acids is 1. The van der Waals surface area contributed by atoms with E-state index in [4.69, 9.17) is 4.74 Å². The number of aryl methyl sites for hydroxylation is 2. The van der Waals surface area contributed by atoms with Gasteiger partial charge in [-0.15, -0.1) is 0 Å². The molecule has 0 saturated heterocycles. The fourth-order valence-electron chi connectivity index (χ4n) is 2.03. The number of H-pyrrole nitrogens is 1. The van der Waals surface area contributed by atoms with Crippen LogP contribution in [0.3, 0.4) is 0 Å². The van der Waals surface area contributed by atoms with Gasteiger partial charge in [0.05, 0.1) is 19.7 Å². The standard InChI is InChI=1S/C16H18N4O3/c1-10-14(16(22)19-11(2)18-10)8-15(21)20-17-9-12-4-6-13(23-3)7-5-12/h4-7,9H,8H2,1-3H3,(H,20,21)(H,18,19,22)/b17-9+. The van der Waals surface area contributed by atoms with E-state index in [9.17, 15) is 9.59 Å². The van der Waals surface area contributed by atoms with Crippen molar-refractivity contribution in [2.75, 3.05) is 7.11 Å². The second-order valence-corrected chi connectivity index (χ2v) is 4.96. The zero-order chi connectivity index (χ0) is 16.8. The highest BCUT2D eigenvalue weighted by molar-refractivity contribution is 5.83. The zero-order valence-electron chi connectivity index (χ0n) is 13.2. The minimum atomic E-state index is -0.381. The molecule has 120 valence electrons. The Morgan fingerprint density at radius 1 is 1.35 bits per heavy atom. The number of hydrogen-bond acceptors (Lipinski definition) is 5. The Morgan fingerprint density at radius 3 is 2.65 bits per heavy atom. The molecular weight excluding hydrogens is 296 g/mol. The van der Waals surface area contributed by atoms with Crippen molar-refractivity contribution in [2.24, 2.45) is 5.10 Å². The predicted octanol–water partition coefficient (Wildman–Crippen LogP) is 1.09. The number of hydrogen-bond donors (Lipinski definition) is 2. The third-order valence-corrected chi connectivity index (χ3v) is 3.20. The number of nitrogens with zero attached hydrogens (tertiary/aromatic N) is 2. The number of methoxy groups -OCH3 is 1. The van der Waals surface area contributed by atoms with Gasteiger partial charge < -0.3 is 9.72 Å². The van der Waals surface area contributed by atoms with Gasteiger partial charge in [-0.25, -0.2) is 10.4 Å². The average molecular weight is 314 g/mol. The van der Waals surface area contributed by atoms with Gasteiger partial charge in [-0.1, -0.05) is 0 Å². The molecule has 2 rings (SSSR count). The molecule has 0 saturated carbocycles. The van der Waals surface area contributed by atoms with Crippen LogP contribution < -0.4 is 15.7 Å². The van der Waals surface area contributed by atoms with E-state index in [0.717, 1.165) is 11.3 Å². The molecule has 0 aliphatic carbocycles. The summed E-state index contributed by atoms with van der Waals surface area (Å²) in [7, 11) is 1.59. The number of rotatable bonds is 5. The minimum absolute atomic E-state index is 0.0750. The van der Waals surface area contributed by atoms with E-state index >= 15 is 0 Å². The van der Waals surface area contributed by atoms with Crippen LogP contribution in [0.2, 0.25) is 0 Å². The van der Waals surface area contributed by atoms with Crippen molar-refractivity contribution in [3.8, 4) is 5.75 Å². The second-order valence-electron chi connectivity index (χ2n) is 4.96. The highest BCUT2D eigenvalue weighted by atomic mass is 16.5. The van der Waals surface area contributed by atoms with Crippen molar-refractivity contribution in [2.45, 2.75) is 20.3 Å². The van der Waals surface area contributed by atoms with E-state index in [-0.39, 0.29) is 17.9 Å². The summed E-state index contributed by atoms with van der Waals surface area (Å²) in [4.78, 5) is 30.4. The summed E-state index contributed by atoms with van der Waals surface area (Å²) in [5, 5.41) is 3.87. The van der Waals surface area contributed by atoms with Gasteiger partial charge in [0.25, 0.3) is 5.56 Å². The van der Waals surface area contributed by atoms with Crippen LogP contribution in [0, 0.1) is 13.8 Å². The van der Waals surface area contributed by atoms with Crippen molar-refractivity contribution >= 4 is 12.1 Å². The summed E-state index contributed by atoms with van der Waals surface area (Å²) in [6.07, 6.45) is 1.44. The number of ether oxygens (including phenoxy) is 1. The van der Waals surface area contributed by atoms with Crippen molar-refractivity contribution in [3.05, 3.63) is 57.3 Å². The summed E-state index contributed by atoms with van der Waals surface area (Å²) >= 11 is 0. The van der Waals surface area contributed by atoms with Crippen LogP contribution in [0.1, 0.15) is 22.6 Å². The van der Waals surface area contributed by atoms with Crippen molar-refractivity contribution < 1.29 is 9.53 Å². The van der Waals surface area contributed by atoms with Crippen LogP contribution in [-0.2, 0) is 11.2 Å². The van der Waals surface area contributed by atoms with Crippen LogP contribution in [-0.4, -0.2) is 29.2 Å². The summed E-state index contributed by atoms with van der Waals surface area (Å²) < 4.78 is 5.06. The molecule has 1 aromatic heterocycles. The number of aromatic nitrogens is 2. The highest BCUT2D eigenvalue weighted by Gasteiger charge is 2.11. The van der Waals surface area contributed by atoms with E-state index < -0.39 is 0 Å². The molecule has 0 aliphatic heterocycles. The maximum atomic E-state index is 11.9. The Balaban J connectivity index is 1.97. The van der Waals surface area contributed by atoms with Gasteiger partial charge in [-0.2, -0.15) is 5.10 Å². The molecule has 1 heterocycles. The van der Waals surface area contributed by atoms with Crippen LogP contribution in [0.4, 0.5) is 0 Å². The van der Waals surface area contributed by atoms with Gasteiger partial charge >= 0.3 is 0 Å². The summed E-state index contributed by atoms with van der Waals surface area (Å²) in [5.41, 5.74) is 3.79.